The van der Waals surface area contributed by atoms with Gasteiger partial charge >= 0.3 is 0 Å². The maximum Gasteiger partial charge on any atom is 0.136 e. The first-order valence-electron chi connectivity index (χ1n) is 7.20. The van der Waals surface area contributed by atoms with E-state index < -0.39 is 0 Å². The lowest BCUT2D eigenvalue weighted by molar-refractivity contribution is 0.548. The van der Waals surface area contributed by atoms with Crippen LogP contribution in [0.2, 0.25) is 0 Å². The Morgan fingerprint density at radius 1 is 1.38 bits per heavy atom. The van der Waals surface area contributed by atoms with Crippen LogP contribution in [-0.4, -0.2) is 23.3 Å². The van der Waals surface area contributed by atoms with Crippen LogP contribution in [0, 0.1) is 12.7 Å². The van der Waals surface area contributed by atoms with E-state index >= 15 is 0 Å². The van der Waals surface area contributed by atoms with E-state index in [1.54, 1.807) is 29.2 Å². The van der Waals surface area contributed by atoms with Gasteiger partial charge in [-0.05, 0) is 32.0 Å². The zero-order valence-corrected chi connectivity index (χ0v) is 14.1. The van der Waals surface area contributed by atoms with Crippen LogP contribution in [0.4, 0.5) is 4.39 Å². The highest BCUT2D eigenvalue weighted by molar-refractivity contribution is 7.99. The topological polar surface area (TPSA) is 24.9 Å². The number of aromatic nitrogens is 1. The summed E-state index contributed by atoms with van der Waals surface area (Å²) in [4.78, 5) is 5.24. The number of halogens is 1. The van der Waals surface area contributed by atoms with Crippen molar-refractivity contribution in [1.82, 2.24) is 10.3 Å². The molecule has 0 amide bonds. The van der Waals surface area contributed by atoms with Gasteiger partial charge < -0.3 is 5.32 Å². The second-order valence-electron chi connectivity index (χ2n) is 4.98. The molecule has 0 bridgehead atoms. The highest BCUT2D eigenvalue weighted by Gasteiger charge is 2.13. The van der Waals surface area contributed by atoms with Gasteiger partial charge in [-0.1, -0.05) is 19.1 Å². The molecule has 0 saturated heterocycles. The molecule has 114 valence electrons. The quantitative estimate of drug-likeness (QED) is 0.733. The van der Waals surface area contributed by atoms with Crippen LogP contribution in [0.1, 0.15) is 24.0 Å². The average Bonchev–Trinajstić information content (AvgIpc) is 2.88. The molecule has 1 N–H and O–H groups in total. The molecule has 0 fully saturated rings. The van der Waals surface area contributed by atoms with Crippen molar-refractivity contribution >= 4 is 23.1 Å². The molecule has 0 aliphatic carbocycles. The fraction of sp³-hybridized carbons (Fsp3) is 0.438. The molecule has 1 heterocycles. The van der Waals surface area contributed by atoms with Crippen molar-refractivity contribution in [2.75, 3.05) is 12.3 Å². The van der Waals surface area contributed by atoms with E-state index in [0.29, 0.717) is 6.04 Å². The molecule has 0 aliphatic rings. The van der Waals surface area contributed by atoms with Crippen molar-refractivity contribution in [1.29, 1.82) is 0 Å². The predicted octanol–water partition coefficient (Wildman–Crippen LogP) is 4.29. The Balaban J connectivity index is 1.94. The second kappa shape index (κ2) is 8.51. The average molecular weight is 324 g/mol. The van der Waals surface area contributed by atoms with Gasteiger partial charge in [0.1, 0.15) is 5.82 Å². The summed E-state index contributed by atoms with van der Waals surface area (Å²) in [6, 6.07) is 7.28. The lowest BCUT2D eigenvalue weighted by Crippen LogP contribution is -2.34. The Kier molecular flexibility index (Phi) is 6.67. The van der Waals surface area contributed by atoms with E-state index in [4.69, 9.17) is 0 Å². The summed E-state index contributed by atoms with van der Waals surface area (Å²) in [7, 11) is 0. The number of thioether (sulfide) groups is 1. The fourth-order valence-electron chi connectivity index (χ4n) is 2.00. The molecule has 0 aliphatic heterocycles. The number of nitrogens with zero attached hydrogens (tertiary/aromatic N) is 1. The van der Waals surface area contributed by atoms with Gasteiger partial charge in [0.2, 0.25) is 0 Å². The largest absolute Gasteiger partial charge is 0.313 e. The van der Waals surface area contributed by atoms with Gasteiger partial charge in [0, 0.05) is 34.2 Å². The lowest BCUT2D eigenvalue weighted by atomic mass is 10.2. The third kappa shape index (κ3) is 5.41. The van der Waals surface area contributed by atoms with Crippen LogP contribution in [0.5, 0.6) is 0 Å². The van der Waals surface area contributed by atoms with Gasteiger partial charge in [0.15, 0.2) is 0 Å². The van der Waals surface area contributed by atoms with Gasteiger partial charge in [-0.3, -0.25) is 0 Å². The molecule has 1 aromatic carbocycles. The second-order valence-corrected chi connectivity index (χ2v) is 6.98. The number of thiazole rings is 1. The normalized spacial score (nSPS) is 12.5. The minimum Gasteiger partial charge on any atom is -0.313 e. The van der Waals surface area contributed by atoms with Crippen LogP contribution >= 0.6 is 23.1 Å². The van der Waals surface area contributed by atoms with Crippen molar-refractivity contribution in [2.24, 2.45) is 0 Å². The van der Waals surface area contributed by atoms with Crippen LogP contribution in [0.3, 0.4) is 0 Å². The van der Waals surface area contributed by atoms with Gasteiger partial charge in [-0.15, -0.1) is 23.1 Å². The molecule has 1 aromatic heterocycles. The first kappa shape index (κ1) is 16.5. The van der Waals surface area contributed by atoms with Crippen molar-refractivity contribution in [3.63, 3.8) is 0 Å². The molecule has 1 unspecified atom stereocenters. The molecular formula is C16H21FN2S2. The van der Waals surface area contributed by atoms with E-state index in [1.165, 1.54) is 6.07 Å². The number of hydrogen-bond acceptors (Lipinski definition) is 4. The number of nitrogens with one attached hydrogen (secondary N) is 1. The molecule has 0 spiro atoms. The van der Waals surface area contributed by atoms with Crippen molar-refractivity contribution in [2.45, 2.75) is 37.6 Å². The third-order valence-electron chi connectivity index (χ3n) is 3.05. The third-order valence-corrected chi connectivity index (χ3v) is 5.25. The van der Waals surface area contributed by atoms with Gasteiger partial charge in [-0.25, -0.2) is 9.37 Å². The Morgan fingerprint density at radius 3 is 2.86 bits per heavy atom. The molecule has 2 rings (SSSR count). The monoisotopic (exact) mass is 324 g/mol. The minimum absolute atomic E-state index is 0.137. The fourth-order valence-corrected chi connectivity index (χ4v) is 3.85. The Morgan fingerprint density at radius 2 is 2.19 bits per heavy atom. The summed E-state index contributed by atoms with van der Waals surface area (Å²) in [6.07, 6.45) is 2.00. The lowest BCUT2D eigenvalue weighted by Gasteiger charge is -2.17. The van der Waals surface area contributed by atoms with Crippen LogP contribution < -0.4 is 5.32 Å². The van der Waals surface area contributed by atoms with Crippen molar-refractivity contribution < 1.29 is 4.39 Å². The first-order valence-corrected chi connectivity index (χ1v) is 9.07. The zero-order chi connectivity index (χ0) is 15.1. The van der Waals surface area contributed by atoms with E-state index in [0.717, 1.165) is 40.7 Å². The highest BCUT2D eigenvalue weighted by atomic mass is 32.2. The van der Waals surface area contributed by atoms with Crippen LogP contribution in [-0.2, 0) is 6.42 Å². The molecule has 0 radical (unpaired) electrons. The minimum atomic E-state index is -0.137. The highest BCUT2D eigenvalue weighted by Crippen LogP contribution is 2.23. The number of rotatable bonds is 8. The van der Waals surface area contributed by atoms with E-state index in [-0.39, 0.29) is 5.82 Å². The molecular weight excluding hydrogens is 303 g/mol. The molecule has 1 atom stereocenters. The van der Waals surface area contributed by atoms with Gasteiger partial charge in [0.25, 0.3) is 0 Å². The summed E-state index contributed by atoms with van der Waals surface area (Å²) in [5, 5.41) is 6.77. The van der Waals surface area contributed by atoms with Crippen molar-refractivity contribution in [3.05, 3.63) is 46.2 Å². The molecule has 2 aromatic rings. The number of benzene rings is 1. The maximum absolute atomic E-state index is 13.7. The zero-order valence-electron chi connectivity index (χ0n) is 12.4. The first-order chi connectivity index (χ1) is 10.2. The summed E-state index contributed by atoms with van der Waals surface area (Å²) in [5.41, 5.74) is 1.07. The summed E-state index contributed by atoms with van der Waals surface area (Å²) < 4.78 is 13.7. The Labute approximate surface area is 134 Å². The maximum atomic E-state index is 13.7. The smallest absolute Gasteiger partial charge is 0.136 e. The van der Waals surface area contributed by atoms with Crippen LogP contribution in [0.25, 0.3) is 0 Å². The predicted molar refractivity (Wildman–Crippen MR) is 89.8 cm³/mol. The summed E-state index contributed by atoms with van der Waals surface area (Å²) in [6.45, 7) is 5.15. The van der Waals surface area contributed by atoms with Gasteiger partial charge in [-0.2, -0.15) is 0 Å². The van der Waals surface area contributed by atoms with E-state index in [1.807, 2.05) is 19.1 Å². The van der Waals surface area contributed by atoms with Gasteiger partial charge in [0.05, 0.1) is 5.01 Å². The Bertz CT molecular complexity index is 557. The molecule has 0 saturated carbocycles. The SMILES string of the molecule is CCCNC(CSc1ccccc1F)Cc1nc(C)cs1. The number of hydrogen-bond donors (Lipinski definition) is 1. The standard InChI is InChI=1S/C16H21FN2S2/c1-3-8-18-13(9-16-19-12(2)10-21-16)11-20-15-7-5-4-6-14(15)17/h4-7,10,13,18H,3,8-9,11H2,1-2H3. The molecule has 21 heavy (non-hydrogen) atoms. The molecule has 5 heteroatoms. The van der Waals surface area contributed by atoms with Crippen molar-refractivity contribution in [3.8, 4) is 0 Å². The summed E-state index contributed by atoms with van der Waals surface area (Å²) in [5.74, 6) is 0.710. The van der Waals surface area contributed by atoms with E-state index in [9.17, 15) is 4.39 Å². The Hall–Kier alpha value is -0.910. The van der Waals surface area contributed by atoms with E-state index in [2.05, 4.69) is 22.6 Å². The van der Waals surface area contributed by atoms with Crippen LogP contribution in [0.15, 0.2) is 34.5 Å². The molecule has 2 nitrogen and oxygen atoms in total. The number of aryl methyl sites for hydroxylation is 1. The summed E-state index contributed by atoms with van der Waals surface area (Å²) >= 11 is 3.27.